The first-order valence-electron chi connectivity index (χ1n) is 5.24. The fourth-order valence-corrected chi connectivity index (χ4v) is 1.28. The van der Waals surface area contributed by atoms with Gasteiger partial charge in [-0.3, -0.25) is 14.9 Å². The standard InChI is InChI=1S/C11H14N2O5/c1-7(18-2)6-12-11(15)8-4-3-5-9(10(8)14)13(16)17/h3-5,7,14H,6H2,1-2H3,(H,12,15). The zero-order chi connectivity index (χ0) is 13.7. The van der Waals surface area contributed by atoms with Gasteiger partial charge in [0.25, 0.3) is 5.91 Å². The Balaban J connectivity index is 2.86. The number of nitrogens with zero attached hydrogens (tertiary/aromatic N) is 1. The Labute approximate surface area is 104 Å². The van der Waals surface area contributed by atoms with E-state index in [1.54, 1.807) is 6.92 Å². The van der Waals surface area contributed by atoms with Crippen molar-refractivity contribution in [3.8, 4) is 5.75 Å². The lowest BCUT2D eigenvalue weighted by Crippen LogP contribution is -2.31. The smallest absolute Gasteiger partial charge is 0.311 e. The lowest BCUT2D eigenvalue weighted by molar-refractivity contribution is -0.385. The lowest BCUT2D eigenvalue weighted by atomic mass is 10.1. The van der Waals surface area contributed by atoms with Crippen molar-refractivity contribution in [2.24, 2.45) is 0 Å². The predicted molar refractivity (Wildman–Crippen MR) is 63.6 cm³/mol. The number of ether oxygens (including phenoxy) is 1. The number of rotatable bonds is 5. The maximum Gasteiger partial charge on any atom is 0.311 e. The Morgan fingerprint density at radius 3 is 2.83 bits per heavy atom. The second-order valence-corrected chi connectivity index (χ2v) is 3.69. The molecule has 18 heavy (non-hydrogen) atoms. The summed E-state index contributed by atoms with van der Waals surface area (Å²) in [6.45, 7) is 2.01. The molecule has 2 N–H and O–H groups in total. The Hall–Kier alpha value is -2.15. The molecule has 98 valence electrons. The Morgan fingerprint density at radius 2 is 2.28 bits per heavy atom. The van der Waals surface area contributed by atoms with Gasteiger partial charge in [-0.1, -0.05) is 6.07 Å². The maximum absolute atomic E-state index is 11.7. The summed E-state index contributed by atoms with van der Waals surface area (Å²) < 4.78 is 4.94. The monoisotopic (exact) mass is 254 g/mol. The number of benzene rings is 1. The highest BCUT2D eigenvalue weighted by molar-refractivity contribution is 5.98. The van der Waals surface area contributed by atoms with E-state index in [1.807, 2.05) is 0 Å². The first-order chi connectivity index (χ1) is 8.47. The van der Waals surface area contributed by atoms with E-state index in [9.17, 15) is 20.0 Å². The SMILES string of the molecule is COC(C)CNC(=O)c1cccc([N+](=O)[O-])c1O. The van der Waals surface area contributed by atoms with Crippen LogP contribution >= 0.6 is 0 Å². The van der Waals surface area contributed by atoms with Gasteiger partial charge in [0.15, 0.2) is 0 Å². The minimum Gasteiger partial charge on any atom is -0.502 e. The summed E-state index contributed by atoms with van der Waals surface area (Å²) in [6, 6.07) is 3.78. The largest absolute Gasteiger partial charge is 0.502 e. The topological polar surface area (TPSA) is 102 Å². The maximum atomic E-state index is 11.7. The molecule has 1 rings (SSSR count). The molecule has 0 heterocycles. The van der Waals surface area contributed by atoms with E-state index >= 15 is 0 Å². The van der Waals surface area contributed by atoms with E-state index in [2.05, 4.69) is 5.32 Å². The molecule has 0 bridgehead atoms. The van der Waals surface area contributed by atoms with E-state index in [4.69, 9.17) is 4.74 Å². The van der Waals surface area contributed by atoms with Gasteiger partial charge in [0.05, 0.1) is 16.6 Å². The first-order valence-corrected chi connectivity index (χ1v) is 5.24. The van der Waals surface area contributed by atoms with Gasteiger partial charge in [-0.2, -0.15) is 0 Å². The number of aromatic hydroxyl groups is 1. The van der Waals surface area contributed by atoms with Crippen LogP contribution in [0.15, 0.2) is 18.2 Å². The molecule has 0 saturated carbocycles. The number of nitro groups is 1. The number of amides is 1. The van der Waals surface area contributed by atoms with Gasteiger partial charge in [-0.05, 0) is 13.0 Å². The molecule has 1 aromatic carbocycles. The van der Waals surface area contributed by atoms with Crippen molar-refractivity contribution in [2.45, 2.75) is 13.0 Å². The van der Waals surface area contributed by atoms with Crippen LogP contribution in [0, 0.1) is 10.1 Å². The highest BCUT2D eigenvalue weighted by Gasteiger charge is 2.20. The van der Waals surface area contributed by atoms with E-state index in [1.165, 1.54) is 19.2 Å². The summed E-state index contributed by atoms with van der Waals surface area (Å²) in [6.07, 6.45) is -0.185. The average molecular weight is 254 g/mol. The Bertz CT molecular complexity index is 461. The van der Waals surface area contributed by atoms with Crippen LogP contribution < -0.4 is 5.32 Å². The molecule has 0 radical (unpaired) electrons. The number of para-hydroxylation sites is 1. The van der Waals surface area contributed by atoms with Crippen molar-refractivity contribution in [3.63, 3.8) is 0 Å². The van der Waals surface area contributed by atoms with E-state index < -0.39 is 22.3 Å². The molecule has 0 fully saturated rings. The summed E-state index contributed by atoms with van der Waals surface area (Å²) in [7, 11) is 1.50. The Kier molecular flexibility index (Phi) is 4.61. The van der Waals surface area contributed by atoms with Crippen molar-refractivity contribution in [2.75, 3.05) is 13.7 Å². The number of hydrogen-bond donors (Lipinski definition) is 2. The molecule has 0 spiro atoms. The van der Waals surface area contributed by atoms with Crippen molar-refractivity contribution in [1.82, 2.24) is 5.32 Å². The van der Waals surface area contributed by atoms with Crippen LogP contribution in [-0.4, -0.2) is 35.7 Å². The molecule has 1 aromatic rings. The molecular weight excluding hydrogens is 240 g/mol. The van der Waals surface area contributed by atoms with Crippen LogP contribution in [0.2, 0.25) is 0 Å². The number of nitro benzene ring substituents is 1. The van der Waals surface area contributed by atoms with Crippen molar-refractivity contribution in [3.05, 3.63) is 33.9 Å². The summed E-state index contributed by atoms with van der Waals surface area (Å²) in [5, 5.41) is 22.7. The van der Waals surface area contributed by atoms with Gasteiger partial charge in [0.2, 0.25) is 5.75 Å². The van der Waals surface area contributed by atoms with Crippen LogP contribution in [0.5, 0.6) is 5.75 Å². The fourth-order valence-electron chi connectivity index (χ4n) is 1.28. The second-order valence-electron chi connectivity index (χ2n) is 3.69. The molecule has 1 amide bonds. The van der Waals surface area contributed by atoms with Gasteiger partial charge in [0, 0.05) is 19.7 Å². The third kappa shape index (κ3) is 3.17. The molecule has 1 unspecified atom stereocenters. The number of phenols is 1. The van der Waals surface area contributed by atoms with E-state index in [0.29, 0.717) is 0 Å². The van der Waals surface area contributed by atoms with Gasteiger partial charge in [-0.25, -0.2) is 0 Å². The van der Waals surface area contributed by atoms with Crippen molar-refractivity contribution < 1.29 is 19.6 Å². The number of carbonyl (C=O) groups is 1. The van der Waals surface area contributed by atoms with Crippen LogP contribution in [-0.2, 0) is 4.74 Å². The zero-order valence-electron chi connectivity index (χ0n) is 10.0. The number of methoxy groups -OCH3 is 1. The molecule has 0 aliphatic rings. The van der Waals surface area contributed by atoms with Crippen LogP contribution in [0.1, 0.15) is 17.3 Å². The van der Waals surface area contributed by atoms with Gasteiger partial charge in [-0.15, -0.1) is 0 Å². The number of nitrogens with one attached hydrogen (secondary N) is 1. The highest BCUT2D eigenvalue weighted by Crippen LogP contribution is 2.28. The van der Waals surface area contributed by atoms with Crippen LogP contribution in [0.3, 0.4) is 0 Å². The highest BCUT2D eigenvalue weighted by atomic mass is 16.6. The minimum absolute atomic E-state index is 0.132. The molecule has 7 heteroatoms. The number of phenolic OH excluding ortho intramolecular Hbond substituents is 1. The quantitative estimate of drug-likeness (QED) is 0.604. The zero-order valence-corrected chi connectivity index (χ0v) is 10.0. The van der Waals surface area contributed by atoms with Gasteiger partial charge < -0.3 is 15.2 Å². The summed E-state index contributed by atoms with van der Waals surface area (Å²) in [5.41, 5.74) is -0.630. The fraction of sp³-hybridized carbons (Fsp3) is 0.364. The molecule has 1 atom stereocenters. The molecule has 7 nitrogen and oxygen atoms in total. The summed E-state index contributed by atoms with van der Waals surface area (Å²) in [5.74, 6) is -1.22. The van der Waals surface area contributed by atoms with Crippen LogP contribution in [0.25, 0.3) is 0 Å². The van der Waals surface area contributed by atoms with Gasteiger partial charge in [0.1, 0.15) is 0 Å². The third-order valence-electron chi connectivity index (χ3n) is 2.41. The summed E-state index contributed by atoms with van der Waals surface area (Å²) >= 11 is 0. The Morgan fingerprint density at radius 1 is 1.61 bits per heavy atom. The van der Waals surface area contributed by atoms with Gasteiger partial charge >= 0.3 is 5.69 Å². The van der Waals surface area contributed by atoms with Crippen LogP contribution in [0.4, 0.5) is 5.69 Å². The number of hydrogen-bond acceptors (Lipinski definition) is 5. The summed E-state index contributed by atoms with van der Waals surface area (Å²) in [4.78, 5) is 21.6. The molecule has 0 aromatic heterocycles. The van der Waals surface area contributed by atoms with E-state index in [-0.39, 0.29) is 18.2 Å². The second kappa shape index (κ2) is 5.97. The predicted octanol–water partition coefficient (Wildman–Crippen LogP) is 1.07. The average Bonchev–Trinajstić information content (AvgIpc) is 2.35. The first kappa shape index (κ1) is 13.9. The minimum atomic E-state index is -0.746. The molecule has 0 aliphatic carbocycles. The van der Waals surface area contributed by atoms with E-state index in [0.717, 1.165) is 6.07 Å². The molecular formula is C11H14N2O5. The van der Waals surface area contributed by atoms with Crippen molar-refractivity contribution in [1.29, 1.82) is 0 Å². The number of carbonyl (C=O) groups excluding carboxylic acids is 1. The van der Waals surface area contributed by atoms with Crippen molar-refractivity contribution >= 4 is 11.6 Å². The lowest BCUT2D eigenvalue weighted by Gasteiger charge is -2.11. The molecule has 0 aliphatic heterocycles. The molecule has 0 saturated heterocycles. The third-order valence-corrected chi connectivity index (χ3v) is 2.41. The normalized spacial score (nSPS) is 11.9.